The van der Waals surface area contributed by atoms with E-state index in [2.05, 4.69) is 4.98 Å². The van der Waals surface area contributed by atoms with Crippen LogP contribution in [0.4, 0.5) is 5.82 Å². The summed E-state index contributed by atoms with van der Waals surface area (Å²) in [5, 5.41) is 0. The molecule has 92 valence electrons. The standard InChI is InChI=1S/C13H19N3O/c1-13(5-2-3-10(13)14)11(17)7-9-4-6-16-12(15)8-9/h4,6,8,10H,2-3,5,7,14H2,1H3,(H2,15,16). The zero-order valence-electron chi connectivity index (χ0n) is 10.1. The van der Waals surface area contributed by atoms with Crippen LogP contribution in [0.3, 0.4) is 0 Å². The molecule has 0 aromatic carbocycles. The Labute approximate surface area is 101 Å². The minimum absolute atomic E-state index is 0.00539. The fourth-order valence-electron chi connectivity index (χ4n) is 2.53. The second kappa shape index (κ2) is 4.45. The van der Waals surface area contributed by atoms with Gasteiger partial charge < -0.3 is 11.5 Å². The molecular weight excluding hydrogens is 214 g/mol. The first-order chi connectivity index (χ1) is 8.02. The van der Waals surface area contributed by atoms with Gasteiger partial charge in [-0.1, -0.05) is 13.3 Å². The quantitative estimate of drug-likeness (QED) is 0.824. The van der Waals surface area contributed by atoms with Crippen LogP contribution in [0, 0.1) is 5.41 Å². The molecule has 17 heavy (non-hydrogen) atoms. The predicted molar refractivity (Wildman–Crippen MR) is 67.3 cm³/mol. The SMILES string of the molecule is CC1(C(=O)Cc2ccnc(N)c2)CCCC1N. The molecule has 0 bridgehead atoms. The van der Waals surface area contributed by atoms with Gasteiger partial charge in [0.25, 0.3) is 0 Å². The summed E-state index contributed by atoms with van der Waals surface area (Å²) in [4.78, 5) is 16.2. The Bertz CT molecular complexity index is 432. The Morgan fingerprint density at radius 3 is 3.00 bits per heavy atom. The van der Waals surface area contributed by atoms with E-state index in [4.69, 9.17) is 11.5 Å². The summed E-state index contributed by atoms with van der Waals surface area (Å²) in [7, 11) is 0. The molecule has 0 saturated heterocycles. The molecule has 1 aromatic rings. The fraction of sp³-hybridized carbons (Fsp3) is 0.538. The normalized spacial score (nSPS) is 28.2. The number of carbonyl (C=O) groups is 1. The lowest BCUT2D eigenvalue weighted by atomic mass is 9.78. The van der Waals surface area contributed by atoms with Gasteiger partial charge in [-0.25, -0.2) is 4.98 Å². The molecule has 1 aliphatic carbocycles. The molecule has 2 unspecified atom stereocenters. The van der Waals surface area contributed by atoms with Crippen molar-refractivity contribution in [2.75, 3.05) is 5.73 Å². The van der Waals surface area contributed by atoms with E-state index in [0.29, 0.717) is 12.2 Å². The molecule has 1 saturated carbocycles. The summed E-state index contributed by atoms with van der Waals surface area (Å²) in [5.74, 6) is 0.671. The zero-order chi connectivity index (χ0) is 12.5. The second-order valence-electron chi connectivity index (χ2n) is 5.11. The van der Waals surface area contributed by atoms with E-state index in [1.807, 2.05) is 13.0 Å². The zero-order valence-corrected chi connectivity index (χ0v) is 10.1. The number of nitrogens with zero attached hydrogens (tertiary/aromatic N) is 1. The highest BCUT2D eigenvalue weighted by atomic mass is 16.1. The Kier molecular flexibility index (Phi) is 3.15. The Hall–Kier alpha value is -1.42. The van der Waals surface area contributed by atoms with Gasteiger partial charge in [-0.2, -0.15) is 0 Å². The summed E-state index contributed by atoms with van der Waals surface area (Å²) in [6, 6.07) is 3.58. The van der Waals surface area contributed by atoms with Crippen LogP contribution in [0.15, 0.2) is 18.3 Å². The van der Waals surface area contributed by atoms with Crippen LogP contribution in [0.5, 0.6) is 0 Å². The van der Waals surface area contributed by atoms with Gasteiger partial charge in [-0.15, -0.1) is 0 Å². The molecule has 1 fully saturated rings. The highest BCUT2D eigenvalue weighted by Crippen LogP contribution is 2.38. The summed E-state index contributed by atoms with van der Waals surface area (Å²) in [6.07, 6.45) is 4.92. The van der Waals surface area contributed by atoms with E-state index < -0.39 is 0 Å². The second-order valence-corrected chi connectivity index (χ2v) is 5.11. The van der Waals surface area contributed by atoms with Gasteiger partial charge in [0.15, 0.2) is 0 Å². The first-order valence-electron chi connectivity index (χ1n) is 6.01. The molecule has 1 aliphatic rings. The van der Waals surface area contributed by atoms with Crippen LogP contribution < -0.4 is 11.5 Å². The minimum Gasteiger partial charge on any atom is -0.384 e. The first-order valence-corrected chi connectivity index (χ1v) is 6.01. The molecule has 4 heteroatoms. The molecule has 0 spiro atoms. The fourth-order valence-corrected chi connectivity index (χ4v) is 2.53. The average molecular weight is 233 g/mol. The van der Waals surface area contributed by atoms with Gasteiger partial charge in [0.1, 0.15) is 11.6 Å². The number of rotatable bonds is 3. The van der Waals surface area contributed by atoms with Gasteiger partial charge >= 0.3 is 0 Å². The summed E-state index contributed by atoms with van der Waals surface area (Å²) >= 11 is 0. The van der Waals surface area contributed by atoms with Crippen molar-refractivity contribution >= 4 is 11.6 Å². The first kappa shape index (κ1) is 12.0. The number of hydrogen-bond acceptors (Lipinski definition) is 4. The maximum atomic E-state index is 12.3. The topological polar surface area (TPSA) is 82.0 Å². The number of nitrogen functional groups attached to an aromatic ring is 1. The van der Waals surface area contributed by atoms with Gasteiger partial charge in [-0.3, -0.25) is 4.79 Å². The number of anilines is 1. The van der Waals surface area contributed by atoms with Crippen molar-refractivity contribution in [2.45, 2.75) is 38.6 Å². The van der Waals surface area contributed by atoms with Crippen LogP contribution in [0.2, 0.25) is 0 Å². The number of ketones is 1. The van der Waals surface area contributed by atoms with E-state index in [9.17, 15) is 4.79 Å². The smallest absolute Gasteiger partial charge is 0.144 e. The maximum absolute atomic E-state index is 12.3. The third kappa shape index (κ3) is 2.31. The molecule has 1 heterocycles. The van der Waals surface area contributed by atoms with Crippen molar-refractivity contribution < 1.29 is 4.79 Å². The minimum atomic E-state index is -0.363. The predicted octanol–water partition coefficient (Wildman–Crippen LogP) is 1.29. The van der Waals surface area contributed by atoms with Crippen molar-refractivity contribution in [1.29, 1.82) is 0 Å². The average Bonchev–Trinajstić information content (AvgIpc) is 2.60. The molecule has 1 aromatic heterocycles. The lowest BCUT2D eigenvalue weighted by Gasteiger charge is -2.27. The Balaban J connectivity index is 2.12. The van der Waals surface area contributed by atoms with Gasteiger partial charge in [0.2, 0.25) is 0 Å². The third-order valence-electron chi connectivity index (χ3n) is 3.88. The molecular formula is C13H19N3O. The van der Waals surface area contributed by atoms with Gasteiger partial charge in [-0.05, 0) is 30.5 Å². The van der Waals surface area contributed by atoms with Crippen LogP contribution >= 0.6 is 0 Å². The van der Waals surface area contributed by atoms with Crippen molar-refractivity contribution in [1.82, 2.24) is 4.98 Å². The Morgan fingerprint density at radius 2 is 2.41 bits per heavy atom. The van der Waals surface area contributed by atoms with E-state index in [0.717, 1.165) is 24.8 Å². The van der Waals surface area contributed by atoms with Crippen LogP contribution in [-0.2, 0) is 11.2 Å². The van der Waals surface area contributed by atoms with Crippen LogP contribution in [0.25, 0.3) is 0 Å². The van der Waals surface area contributed by atoms with E-state index in [-0.39, 0.29) is 17.2 Å². The van der Waals surface area contributed by atoms with Crippen molar-refractivity contribution in [3.05, 3.63) is 23.9 Å². The summed E-state index contributed by atoms with van der Waals surface area (Å²) in [6.45, 7) is 1.98. The number of pyridine rings is 1. The number of carbonyl (C=O) groups excluding carboxylic acids is 1. The summed E-state index contributed by atoms with van der Waals surface area (Å²) in [5.41, 5.74) is 12.2. The highest BCUT2D eigenvalue weighted by Gasteiger charge is 2.42. The molecule has 4 nitrogen and oxygen atoms in total. The van der Waals surface area contributed by atoms with Crippen molar-refractivity contribution in [2.24, 2.45) is 11.1 Å². The third-order valence-corrected chi connectivity index (χ3v) is 3.88. The number of aromatic nitrogens is 1. The maximum Gasteiger partial charge on any atom is 0.144 e. The molecule has 0 radical (unpaired) electrons. The monoisotopic (exact) mass is 233 g/mol. The lowest BCUT2D eigenvalue weighted by Crippen LogP contribution is -2.41. The number of nitrogens with two attached hydrogens (primary N) is 2. The van der Waals surface area contributed by atoms with Crippen LogP contribution in [-0.4, -0.2) is 16.8 Å². The Morgan fingerprint density at radius 1 is 1.65 bits per heavy atom. The molecule has 0 amide bonds. The summed E-state index contributed by atoms with van der Waals surface area (Å²) < 4.78 is 0. The van der Waals surface area contributed by atoms with E-state index >= 15 is 0 Å². The molecule has 2 rings (SSSR count). The van der Waals surface area contributed by atoms with E-state index in [1.54, 1.807) is 12.3 Å². The largest absolute Gasteiger partial charge is 0.384 e. The van der Waals surface area contributed by atoms with Gasteiger partial charge in [0, 0.05) is 24.1 Å². The lowest BCUT2D eigenvalue weighted by molar-refractivity contribution is -0.127. The van der Waals surface area contributed by atoms with Crippen molar-refractivity contribution in [3.8, 4) is 0 Å². The van der Waals surface area contributed by atoms with Crippen LogP contribution in [0.1, 0.15) is 31.7 Å². The molecule has 4 N–H and O–H groups in total. The van der Waals surface area contributed by atoms with E-state index in [1.165, 1.54) is 0 Å². The molecule has 0 aliphatic heterocycles. The van der Waals surface area contributed by atoms with Crippen molar-refractivity contribution in [3.63, 3.8) is 0 Å². The van der Waals surface area contributed by atoms with Gasteiger partial charge in [0.05, 0.1) is 0 Å². The highest BCUT2D eigenvalue weighted by molar-refractivity contribution is 5.87. The molecule has 2 atom stereocenters. The number of Topliss-reactive ketones (excluding diaryl/α,β-unsaturated/α-hetero) is 1. The number of hydrogen-bond donors (Lipinski definition) is 2.